The van der Waals surface area contributed by atoms with Crippen molar-refractivity contribution in [1.82, 2.24) is 20.2 Å². The third-order valence-electron chi connectivity index (χ3n) is 5.55. The number of carbonyl (C=O) groups excluding carboxylic acids is 1. The van der Waals surface area contributed by atoms with E-state index in [0.717, 1.165) is 42.4 Å². The number of carbonyl (C=O) groups is 1. The lowest BCUT2D eigenvalue weighted by Gasteiger charge is -2.27. The molecule has 0 bridgehead atoms. The lowest BCUT2D eigenvalue weighted by molar-refractivity contribution is -0.149. The standard InChI is InChI=1S/C24H28N4O4.C2H6.H2/c1-3-30-23(29)18-9-12-20(13-10-18)32-21-14-11-19(15-25-21)16-5-7-17(8-6-16)22-26-24(28-27-22)31-4-2;1-2;/h5-8,11,14-15,18,20H,3-4,9-10,12-13H2,1-2H3,(H,26,27,28);1-2H3;1H. The smallest absolute Gasteiger partial charge is 0.335 e. The summed E-state index contributed by atoms with van der Waals surface area (Å²) in [5, 5.41) is 6.92. The molecule has 8 heteroatoms. The van der Waals surface area contributed by atoms with E-state index in [2.05, 4.69) is 20.2 Å². The van der Waals surface area contributed by atoms with Crippen molar-refractivity contribution in [2.24, 2.45) is 5.92 Å². The number of aromatic amines is 1. The van der Waals surface area contributed by atoms with Gasteiger partial charge in [-0.2, -0.15) is 4.98 Å². The van der Waals surface area contributed by atoms with Crippen molar-refractivity contribution in [2.45, 2.75) is 59.5 Å². The molecule has 34 heavy (non-hydrogen) atoms. The van der Waals surface area contributed by atoms with E-state index >= 15 is 0 Å². The molecule has 4 rings (SSSR count). The minimum absolute atomic E-state index is 0. The molecule has 1 saturated carbocycles. The highest BCUT2D eigenvalue weighted by Crippen LogP contribution is 2.29. The summed E-state index contributed by atoms with van der Waals surface area (Å²) >= 11 is 0. The summed E-state index contributed by atoms with van der Waals surface area (Å²) in [6.45, 7) is 8.69. The van der Waals surface area contributed by atoms with Gasteiger partial charge in [-0.1, -0.05) is 38.1 Å². The number of ether oxygens (including phenoxy) is 3. The largest absolute Gasteiger partial charge is 0.474 e. The van der Waals surface area contributed by atoms with Crippen LogP contribution in [0.4, 0.5) is 0 Å². The van der Waals surface area contributed by atoms with Crippen LogP contribution in [-0.2, 0) is 9.53 Å². The molecule has 0 aliphatic heterocycles. The number of benzene rings is 1. The Labute approximate surface area is 202 Å². The van der Waals surface area contributed by atoms with Crippen LogP contribution in [-0.4, -0.2) is 45.5 Å². The lowest BCUT2D eigenvalue weighted by atomic mass is 9.87. The van der Waals surface area contributed by atoms with Crippen LogP contribution in [0.5, 0.6) is 11.9 Å². The Morgan fingerprint density at radius 2 is 1.65 bits per heavy atom. The summed E-state index contributed by atoms with van der Waals surface area (Å²) in [7, 11) is 0. The number of esters is 1. The van der Waals surface area contributed by atoms with Crippen LogP contribution in [0.3, 0.4) is 0 Å². The Morgan fingerprint density at radius 1 is 0.971 bits per heavy atom. The summed E-state index contributed by atoms with van der Waals surface area (Å²) in [5.41, 5.74) is 2.98. The Kier molecular flexibility index (Phi) is 9.43. The molecule has 8 nitrogen and oxygen atoms in total. The van der Waals surface area contributed by atoms with Crippen LogP contribution in [0.15, 0.2) is 42.6 Å². The molecule has 184 valence electrons. The van der Waals surface area contributed by atoms with Crippen molar-refractivity contribution >= 4 is 5.97 Å². The van der Waals surface area contributed by atoms with Crippen LogP contribution in [0, 0.1) is 5.92 Å². The summed E-state index contributed by atoms with van der Waals surface area (Å²) in [5.74, 6) is 1.18. The van der Waals surface area contributed by atoms with Gasteiger partial charge >= 0.3 is 12.0 Å². The van der Waals surface area contributed by atoms with Crippen molar-refractivity contribution in [1.29, 1.82) is 0 Å². The predicted molar refractivity (Wildman–Crippen MR) is 133 cm³/mol. The van der Waals surface area contributed by atoms with E-state index in [1.54, 1.807) is 0 Å². The van der Waals surface area contributed by atoms with Crippen LogP contribution < -0.4 is 9.47 Å². The highest BCUT2D eigenvalue weighted by molar-refractivity contribution is 5.72. The molecule has 0 saturated heterocycles. The average molecular weight is 469 g/mol. The molecular formula is C26H36N4O4. The Morgan fingerprint density at radius 3 is 2.26 bits per heavy atom. The average Bonchev–Trinajstić information content (AvgIpc) is 3.35. The van der Waals surface area contributed by atoms with Crippen LogP contribution in [0.1, 0.15) is 54.8 Å². The Balaban J connectivity index is 0.00000140. The fourth-order valence-electron chi connectivity index (χ4n) is 3.86. The van der Waals surface area contributed by atoms with Crippen molar-refractivity contribution in [3.05, 3.63) is 42.6 Å². The quantitative estimate of drug-likeness (QED) is 0.423. The molecule has 2 aromatic heterocycles. The van der Waals surface area contributed by atoms with E-state index in [4.69, 9.17) is 14.2 Å². The first-order valence-electron chi connectivity index (χ1n) is 12.1. The Bertz CT molecular complexity index is 1020. The van der Waals surface area contributed by atoms with E-state index < -0.39 is 0 Å². The molecule has 1 aliphatic rings. The number of hydrogen-bond acceptors (Lipinski definition) is 7. The fraction of sp³-hybridized carbons (Fsp3) is 0.462. The third-order valence-corrected chi connectivity index (χ3v) is 5.55. The molecule has 3 aromatic rings. The normalized spacial score (nSPS) is 17.3. The summed E-state index contributed by atoms with van der Waals surface area (Å²) < 4.78 is 16.5. The number of rotatable bonds is 8. The van der Waals surface area contributed by atoms with Gasteiger partial charge in [-0.25, -0.2) is 4.98 Å². The first-order valence-corrected chi connectivity index (χ1v) is 12.1. The van der Waals surface area contributed by atoms with Gasteiger partial charge in [0.05, 0.1) is 19.1 Å². The molecular weight excluding hydrogens is 432 g/mol. The maximum Gasteiger partial charge on any atom is 0.335 e. The first kappa shape index (κ1) is 25.2. The zero-order valence-electron chi connectivity index (χ0n) is 20.4. The molecule has 0 atom stereocenters. The molecule has 2 heterocycles. The summed E-state index contributed by atoms with van der Waals surface area (Å²) in [4.78, 5) is 20.7. The zero-order chi connectivity index (χ0) is 24.3. The Hall–Kier alpha value is -3.42. The van der Waals surface area contributed by atoms with Crippen LogP contribution in [0.2, 0.25) is 0 Å². The maximum absolute atomic E-state index is 11.9. The van der Waals surface area contributed by atoms with Gasteiger partial charge in [0.25, 0.3) is 0 Å². The molecule has 1 fully saturated rings. The molecule has 1 aromatic carbocycles. The molecule has 0 unspecified atom stereocenters. The van der Waals surface area contributed by atoms with Gasteiger partial charge in [0.15, 0.2) is 5.82 Å². The number of H-pyrrole nitrogens is 1. The molecule has 0 spiro atoms. The number of nitrogens with zero attached hydrogens (tertiary/aromatic N) is 3. The second kappa shape index (κ2) is 12.7. The number of aromatic nitrogens is 4. The van der Waals surface area contributed by atoms with Gasteiger partial charge in [0.2, 0.25) is 5.88 Å². The number of hydrogen-bond donors (Lipinski definition) is 1. The molecule has 0 amide bonds. The minimum Gasteiger partial charge on any atom is -0.474 e. The van der Waals surface area contributed by atoms with E-state index in [-0.39, 0.29) is 19.4 Å². The SMILES string of the molecule is CC.CCOC(=O)C1CCC(Oc2ccc(-c3ccc(-c4nc(OCC)n[nH]4)cc3)cn2)CC1.[HH]. The summed E-state index contributed by atoms with van der Waals surface area (Å²) in [6, 6.07) is 12.3. The van der Waals surface area contributed by atoms with Crippen molar-refractivity contribution in [3.63, 3.8) is 0 Å². The van der Waals surface area contributed by atoms with E-state index in [1.807, 2.05) is 70.3 Å². The van der Waals surface area contributed by atoms with Crippen molar-refractivity contribution < 1.29 is 20.4 Å². The van der Waals surface area contributed by atoms with Crippen LogP contribution in [0.25, 0.3) is 22.5 Å². The monoisotopic (exact) mass is 468 g/mol. The second-order valence-electron chi connectivity index (χ2n) is 7.71. The van der Waals surface area contributed by atoms with E-state index in [1.165, 1.54) is 0 Å². The lowest BCUT2D eigenvalue weighted by Crippen LogP contribution is -2.29. The second-order valence-corrected chi connectivity index (χ2v) is 7.71. The maximum atomic E-state index is 11.9. The molecule has 0 radical (unpaired) electrons. The number of pyridine rings is 1. The molecule has 1 aliphatic carbocycles. The van der Waals surface area contributed by atoms with Crippen molar-refractivity contribution in [3.8, 4) is 34.4 Å². The predicted octanol–water partition coefficient (Wildman–Crippen LogP) is 5.71. The fourth-order valence-corrected chi connectivity index (χ4v) is 3.86. The van der Waals surface area contributed by atoms with Gasteiger partial charge in [-0.05, 0) is 51.2 Å². The van der Waals surface area contributed by atoms with Gasteiger partial charge in [-0.3, -0.25) is 9.89 Å². The van der Waals surface area contributed by atoms with Gasteiger partial charge in [-0.15, -0.1) is 5.10 Å². The van der Waals surface area contributed by atoms with Crippen LogP contribution >= 0.6 is 0 Å². The zero-order valence-corrected chi connectivity index (χ0v) is 20.4. The van der Waals surface area contributed by atoms with E-state index in [9.17, 15) is 4.79 Å². The topological polar surface area (TPSA) is 99.2 Å². The molecule has 1 N–H and O–H groups in total. The van der Waals surface area contributed by atoms with Gasteiger partial charge in [0, 0.05) is 24.8 Å². The first-order chi connectivity index (χ1) is 16.7. The summed E-state index contributed by atoms with van der Waals surface area (Å²) in [6.07, 6.45) is 5.16. The third kappa shape index (κ3) is 6.56. The highest BCUT2D eigenvalue weighted by atomic mass is 16.5. The minimum atomic E-state index is -0.0857. The van der Waals surface area contributed by atoms with Crippen molar-refractivity contribution in [2.75, 3.05) is 13.2 Å². The van der Waals surface area contributed by atoms with Gasteiger partial charge < -0.3 is 14.2 Å². The number of nitrogens with one attached hydrogen (secondary N) is 1. The van der Waals surface area contributed by atoms with Gasteiger partial charge in [0.1, 0.15) is 6.10 Å². The highest BCUT2D eigenvalue weighted by Gasteiger charge is 2.28. The van der Waals surface area contributed by atoms with E-state index in [0.29, 0.717) is 30.9 Å².